The number of ether oxygens (including phenoxy) is 1. The van der Waals surface area contributed by atoms with Gasteiger partial charge >= 0.3 is 0 Å². The van der Waals surface area contributed by atoms with Gasteiger partial charge in [-0.15, -0.1) is 9.24 Å². The van der Waals surface area contributed by atoms with E-state index in [1.807, 2.05) is 0 Å². The highest BCUT2D eigenvalue weighted by Gasteiger charge is 2.18. The number of alkyl halides is 1. The highest BCUT2D eigenvalue weighted by molar-refractivity contribution is 7.17. The molecule has 2 N–H and O–H groups in total. The Morgan fingerprint density at radius 1 is 1.53 bits per heavy atom. The molecule has 6 nitrogen and oxygen atoms in total. The molecule has 0 bridgehead atoms. The lowest BCUT2D eigenvalue weighted by molar-refractivity contribution is -0.00843. The van der Waals surface area contributed by atoms with Crippen LogP contribution >= 0.6 is 9.24 Å². The monoisotopic (exact) mass is 257 g/mol. The molecule has 0 aliphatic rings. The van der Waals surface area contributed by atoms with Crippen LogP contribution in [0.4, 0.5) is 10.2 Å². The van der Waals surface area contributed by atoms with Crippen molar-refractivity contribution < 1.29 is 9.13 Å². The summed E-state index contributed by atoms with van der Waals surface area (Å²) in [5.74, 6) is 0.317. The molecule has 17 heavy (non-hydrogen) atoms. The molecule has 0 spiro atoms. The van der Waals surface area contributed by atoms with Gasteiger partial charge in [-0.1, -0.05) is 0 Å². The first-order chi connectivity index (χ1) is 8.13. The van der Waals surface area contributed by atoms with Crippen molar-refractivity contribution in [2.75, 3.05) is 12.8 Å². The summed E-state index contributed by atoms with van der Waals surface area (Å²) in [6, 6.07) is 0. The zero-order valence-electron chi connectivity index (χ0n) is 9.25. The fourth-order valence-corrected chi connectivity index (χ4v) is 1.90. The van der Waals surface area contributed by atoms with Crippen LogP contribution in [0.2, 0.25) is 0 Å². The third-order valence-electron chi connectivity index (χ3n) is 2.40. The van der Waals surface area contributed by atoms with Crippen molar-refractivity contribution in [1.82, 2.24) is 19.5 Å². The lowest BCUT2D eigenvalue weighted by Crippen LogP contribution is -2.22. The molecule has 0 amide bonds. The maximum absolute atomic E-state index is 13.3. The van der Waals surface area contributed by atoms with Gasteiger partial charge in [0.1, 0.15) is 11.8 Å². The Kier molecular flexibility index (Phi) is 3.49. The minimum Gasteiger partial charge on any atom is -0.382 e. The summed E-state index contributed by atoms with van der Waals surface area (Å²) < 4.78 is 19.6. The second-order valence-corrected chi connectivity index (χ2v) is 4.44. The van der Waals surface area contributed by atoms with Gasteiger partial charge in [0, 0.05) is 19.3 Å². The number of aromatic nitrogens is 4. The highest BCUT2D eigenvalue weighted by Crippen LogP contribution is 2.18. The third kappa shape index (κ3) is 2.35. The Hall–Kier alpha value is -1.33. The Labute approximate surface area is 99.6 Å². The first kappa shape index (κ1) is 12.1. The van der Waals surface area contributed by atoms with Crippen LogP contribution in [0.1, 0.15) is 0 Å². The Balaban J connectivity index is 2.28. The predicted molar refractivity (Wildman–Crippen MR) is 65.1 cm³/mol. The average molecular weight is 257 g/mol. The van der Waals surface area contributed by atoms with Gasteiger partial charge in [0.2, 0.25) is 6.36 Å². The van der Waals surface area contributed by atoms with E-state index in [9.17, 15) is 4.39 Å². The standard InChI is InChI=1S/C9H13FN5OP/c1-16-7(10)5(17)2-15-4-14-6-8(11)12-3-13-9(6)15/h3-5,7H,2,17H2,1H3,(H2,11,12,13). The summed E-state index contributed by atoms with van der Waals surface area (Å²) in [5.41, 5.74) is 6.39. The summed E-state index contributed by atoms with van der Waals surface area (Å²) in [4.78, 5) is 12.0. The van der Waals surface area contributed by atoms with Crippen molar-refractivity contribution in [2.24, 2.45) is 0 Å². The number of halogens is 1. The molecule has 0 saturated carbocycles. The zero-order valence-corrected chi connectivity index (χ0v) is 10.4. The maximum atomic E-state index is 13.3. The fraction of sp³-hybridized carbons (Fsp3) is 0.444. The van der Waals surface area contributed by atoms with E-state index in [0.717, 1.165) is 0 Å². The summed E-state index contributed by atoms with van der Waals surface area (Å²) >= 11 is 0. The Bertz CT molecular complexity index is 519. The quantitative estimate of drug-likeness (QED) is 0.811. The molecule has 2 aromatic rings. The molecule has 2 rings (SSSR count). The second kappa shape index (κ2) is 4.89. The van der Waals surface area contributed by atoms with Crippen LogP contribution < -0.4 is 5.73 Å². The van der Waals surface area contributed by atoms with E-state index >= 15 is 0 Å². The molecule has 0 saturated heterocycles. The van der Waals surface area contributed by atoms with Crippen molar-refractivity contribution in [2.45, 2.75) is 18.6 Å². The number of fused-ring (bicyclic) bond motifs is 1. The van der Waals surface area contributed by atoms with Crippen molar-refractivity contribution in [3.05, 3.63) is 12.7 Å². The molecule has 2 heterocycles. The number of imidazole rings is 1. The maximum Gasteiger partial charge on any atom is 0.206 e. The molecule has 8 heteroatoms. The number of nitrogens with zero attached hydrogens (tertiary/aromatic N) is 4. The minimum absolute atomic E-state index is 0.317. The van der Waals surface area contributed by atoms with E-state index in [4.69, 9.17) is 5.73 Å². The molecule has 0 radical (unpaired) electrons. The number of anilines is 1. The lowest BCUT2D eigenvalue weighted by Gasteiger charge is -2.15. The third-order valence-corrected chi connectivity index (χ3v) is 2.91. The van der Waals surface area contributed by atoms with Crippen molar-refractivity contribution >= 4 is 26.2 Å². The summed E-state index contributed by atoms with van der Waals surface area (Å²) in [7, 11) is 3.73. The molecular weight excluding hydrogens is 244 g/mol. The molecule has 0 aliphatic carbocycles. The Morgan fingerprint density at radius 2 is 2.29 bits per heavy atom. The van der Waals surface area contributed by atoms with E-state index in [-0.39, 0.29) is 5.66 Å². The van der Waals surface area contributed by atoms with E-state index in [2.05, 4.69) is 28.9 Å². The SMILES string of the molecule is COC(F)C(P)Cn1cnc2c(N)ncnc21. The van der Waals surface area contributed by atoms with E-state index in [0.29, 0.717) is 23.5 Å². The normalized spacial score (nSPS) is 15.0. The van der Waals surface area contributed by atoms with Gasteiger partial charge in [0.25, 0.3) is 0 Å². The topological polar surface area (TPSA) is 78.9 Å². The first-order valence-corrected chi connectivity index (χ1v) is 5.64. The lowest BCUT2D eigenvalue weighted by atomic mass is 10.4. The van der Waals surface area contributed by atoms with Crippen LogP contribution in [0.5, 0.6) is 0 Å². The van der Waals surface area contributed by atoms with Crippen LogP contribution in [0.25, 0.3) is 11.2 Å². The van der Waals surface area contributed by atoms with E-state index in [1.54, 1.807) is 10.9 Å². The summed E-state index contributed by atoms with van der Waals surface area (Å²) in [5, 5.41) is 0. The largest absolute Gasteiger partial charge is 0.382 e. The van der Waals surface area contributed by atoms with Gasteiger partial charge in [-0.25, -0.2) is 19.3 Å². The highest BCUT2D eigenvalue weighted by atomic mass is 31.0. The molecule has 0 fully saturated rings. The van der Waals surface area contributed by atoms with Gasteiger partial charge in [-0.3, -0.25) is 0 Å². The number of hydrogen-bond donors (Lipinski definition) is 1. The summed E-state index contributed by atoms with van der Waals surface area (Å²) in [6.45, 7) is 0.382. The van der Waals surface area contributed by atoms with Gasteiger partial charge in [-0.05, 0) is 0 Å². The molecule has 3 atom stereocenters. The van der Waals surface area contributed by atoms with Gasteiger partial charge in [-0.2, -0.15) is 0 Å². The molecule has 0 aromatic carbocycles. The minimum atomic E-state index is -1.35. The molecular formula is C9H13FN5OP. The van der Waals surface area contributed by atoms with Crippen molar-refractivity contribution in [3.8, 4) is 0 Å². The van der Waals surface area contributed by atoms with Crippen LogP contribution in [0.15, 0.2) is 12.7 Å². The van der Waals surface area contributed by atoms with Crippen LogP contribution in [0.3, 0.4) is 0 Å². The molecule has 0 aliphatic heterocycles. The number of nitrogen functional groups attached to an aromatic ring is 1. The number of methoxy groups -OCH3 is 1. The molecule has 2 aromatic heterocycles. The van der Waals surface area contributed by atoms with Crippen LogP contribution in [0, 0.1) is 0 Å². The van der Waals surface area contributed by atoms with Gasteiger partial charge in [0.05, 0.1) is 6.33 Å². The average Bonchev–Trinajstić information content (AvgIpc) is 2.73. The smallest absolute Gasteiger partial charge is 0.206 e. The van der Waals surface area contributed by atoms with Crippen molar-refractivity contribution in [3.63, 3.8) is 0 Å². The second-order valence-electron chi connectivity index (χ2n) is 3.58. The molecule has 3 unspecified atom stereocenters. The van der Waals surface area contributed by atoms with E-state index in [1.165, 1.54) is 13.4 Å². The van der Waals surface area contributed by atoms with Crippen molar-refractivity contribution in [1.29, 1.82) is 0 Å². The summed E-state index contributed by atoms with van der Waals surface area (Å²) in [6.07, 6.45) is 1.57. The van der Waals surface area contributed by atoms with Gasteiger partial charge < -0.3 is 15.0 Å². The Morgan fingerprint density at radius 3 is 3.00 bits per heavy atom. The van der Waals surface area contributed by atoms with Crippen LogP contribution in [-0.4, -0.2) is 38.6 Å². The van der Waals surface area contributed by atoms with Gasteiger partial charge in [0.15, 0.2) is 11.5 Å². The number of hydrogen-bond acceptors (Lipinski definition) is 5. The zero-order chi connectivity index (χ0) is 12.4. The number of nitrogens with two attached hydrogens (primary N) is 1. The molecule has 92 valence electrons. The number of rotatable bonds is 4. The first-order valence-electron chi connectivity index (χ1n) is 4.97. The predicted octanol–water partition coefficient (Wildman–Crippen LogP) is 0.594. The fourth-order valence-electron chi connectivity index (χ4n) is 1.52. The van der Waals surface area contributed by atoms with Crippen LogP contribution in [-0.2, 0) is 11.3 Å². The van der Waals surface area contributed by atoms with E-state index < -0.39 is 6.36 Å².